The van der Waals surface area contributed by atoms with Gasteiger partial charge in [0.1, 0.15) is 18.2 Å². The molecule has 5 rings (SSSR count). The van der Waals surface area contributed by atoms with Gasteiger partial charge in [0.2, 0.25) is 5.91 Å². The number of carbonyl (C=O) groups excluding carboxylic acids is 2. The third-order valence-electron chi connectivity index (χ3n) is 6.44. The number of hydrogen-bond donors (Lipinski definition) is 1. The van der Waals surface area contributed by atoms with Gasteiger partial charge in [-0.05, 0) is 37.4 Å². The summed E-state index contributed by atoms with van der Waals surface area (Å²) in [6.45, 7) is 3.74. The molecular weight excluding hydrogens is 474 g/mol. The Morgan fingerprint density at radius 1 is 1.06 bits per heavy atom. The van der Waals surface area contributed by atoms with Crippen LogP contribution in [0.1, 0.15) is 15.4 Å². The second-order valence-corrected chi connectivity index (χ2v) is 10.4. The monoisotopic (exact) mass is 503 g/mol. The summed E-state index contributed by atoms with van der Waals surface area (Å²) in [5, 5.41) is 4.65. The van der Waals surface area contributed by atoms with E-state index in [1.807, 2.05) is 30.3 Å². The highest BCUT2D eigenvalue weighted by Gasteiger charge is 2.25. The Morgan fingerprint density at radius 3 is 2.58 bits per heavy atom. The first-order chi connectivity index (χ1) is 17.4. The highest BCUT2D eigenvalue weighted by molar-refractivity contribution is 7.18. The van der Waals surface area contributed by atoms with Gasteiger partial charge < -0.3 is 20.0 Å². The molecule has 1 atom stereocenters. The third-order valence-corrected chi connectivity index (χ3v) is 7.50. The first kappa shape index (κ1) is 24.1. The number of nitrogens with one attached hydrogen (secondary N) is 1. The lowest BCUT2D eigenvalue weighted by atomic mass is 10.1. The van der Waals surface area contributed by atoms with E-state index in [-0.39, 0.29) is 11.8 Å². The van der Waals surface area contributed by atoms with Gasteiger partial charge in [-0.15, -0.1) is 11.3 Å². The molecule has 9 nitrogen and oxygen atoms in total. The maximum absolute atomic E-state index is 13.3. The van der Waals surface area contributed by atoms with E-state index in [2.05, 4.69) is 37.1 Å². The molecule has 0 spiro atoms. The Labute approximate surface area is 213 Å². The van der Waals surface area contributed by atoms with Crippen molar-refractivity contribution in [3.8, 4) is 0 Å². The number of fused-ring (bicyclic) bond motifs is 2. The van der Waals surface area contributed by atoms with E-state index in [4.69, 9.17) is 0 Å². The molecule has 1 N–H and O–H groups in total. The van der Waals surface area contributed by atoms with E-state index in [1.165, 1.54) is 16.2 Å². The number of benzene rings is 2. The van der Waals surface area contributed by atoms with Crippen LogP contribution in [0, 0.1) is 0 Å². The van der Waals surface area contributed by atoms with Gasteiger partial charge in [0.15, 0.2) is 0 Å². The van der Waals surface area contributed by atoms with Crippen molar-refractivity contribution in [2.45, 2.75) is 12.5 Å². The van der Waals surface area contributed by atoms with Crippen LogP contribution < -0.4 is 10.2 Å². The molecule has 36 heavy (non-hydrogen) atoms. The summed E-state index contributed by atoms with van der Waals surface area (Å²) in [5.41, 5.74) is 2.05. The summed E-state index contributed by atoms with van der Waals surface area (Å²) in [6.07, 6.45) is 1.87. The van der Waals surface area contributed by atoms with Crippen LogP contribution in [0.15, 0.2) is 48.8 Å². The number of aromatic nitrogens is 3. The van der Waals surface area contributed by atoms with E-state index in [9.17, 15) is 9.59 Å². The number of thiazole rings is 1. The second-order valence-electron chi connectivity index (χ2n) is 9.26. The number of carbonyl (C=O) groups is 2. The van der Waals surface area contributed by atoms with Crippen LogP contribution >= 0.6 is 11.3 Å². The number of hydrogen-bond acceptors (Lipinski definition) is 8. The summed E-state index contributed by atoms with van der Waals surface area (Å²) < 4.78 is 1.06. The molecule has 2 aromatic carbocycles. The van der Waals surface area contributed by atoms with Gasteiger partial charge >= 0.3 is 0 Å². The number of rotatable bonds is 6. The van der Waals surface area contributed by atoms with Crippen LogP contribution in [0.4, 0.5) is 5.82 Å². The van der Waals surface area contributed by atoms with Crippen molar-refractivity contribution in [1.29, 1.82) is 0 Å². The topological polar surface area (TPSA) is 94.6 Å². The Kier molecular flexibility index (Phi) is 6.80. The van der Waals surface area contributed by atoms with Crippen LogP contribution in [-0.2, 0) is 11.2 Å². The molecule has 1 saturated heterocycles. The Balaban J connectivity index is 1.37. The molecule has 1 aliphatic rings. The zero-order chi connectivity index (χ0) is 25.2. The Hall–Kier alpha value is -3.63. The average molecular weight is 504 g/mol. The van der Waals surface area contributed by atoms with Crippen molar-refractivity contribution in [3.63, 3.8) is 0 Å². The molecule has 1 fully saturated rings. The molecule has 1 aliphatic heterocycles. The molecule has 0 saturated carbocycles. The lowest BCUT2D eigenvalue weighted by Crippen LogP contribution is -2.47. The van der Waals surface area contributed by atoms with Crippen molar-refractivity contribution in [2.75, 3.05) is 52.2 Å². The third kappa shape index (κ3) is 5.00. The number of amides is 2. The maximum Gasteiger partial charge on any atom is 0.252 e. The summed E-state index contributed by atoms with van der Waals surface area (Å²) >= 11 is 1.54. The predicted octanol–water partition coefficient (Wildman–Crippen LogP) is 2.42. The van der Waals surface area contributed by atoms with Crippen LogP contribution in [-0.4, -0.2) is 89.9 Å². The minimum absolute atomic E-state index is 0.178. The highest BCUT2D eigenvalue weighted by atomic mass is 32.1. The van der Waals surface area contributed by atoms with Gasteiger partial charge in [0.05, 0.1) is 20.7 Å². The van der Waals surface area contributed by atoms with Gasteiger partial charge in [-0.2, -0.15) is 0 Å². The fourth-order valence-electron chi connectivity index (χ4n) is 4.39. The zero-order valence-corrected chi connectivity index (χ0v) is 21.5. The number of likely N-dealkylation sites (N-methyl/N-ethyl adjacent to an activating group) is 2. The summed E-state index contributed by atoms with van der Waals surface area (Å²) in [6, 6.07) is 12.6. The number of nitrogens with zero attached hydrogens (tertiary/aromatic N) is 6. The summed E-state index contributed by atoms with van der Waals surface area (Å²) in [5.74, 6) is 0.387. The van der Waals surface area contributed by atoms with E-state index in [1.54, 1.807) is 32.6 Å². The van der Waals surface area contributed by atoms with E-state index >= 15 is 0 Å². The van der Waals surface area contributed by atoms with Gasteiger partial charge in [0.25, 0.3) is 5.91 Å². The highest BCUT2D eigenvalue weighted by Crippen LogP contribution is 2.25. The van der Waals surface area contributed by atoms with Gasteiger partial charge in [-0.1, -0.05) is 12.1 Å². The normalized spacial score (nSPS) is 15.2. The van der Waals surface area contributed by atoms with E-state index < -0.39 is 6.04 Å². The standard InChI is InChI=1S/C26H29N7O2S/c1-31(2)26(35)21(15-23-29-19-6-4-5-7-22(19)36-23)30-25(34)17-8-9-18-20(14-17)27-16-28-24(18)33-12-10-32(3)11-13-33/h4-9,14,16,21H,10-13,15H2,1-3H3,(H,30,34). The molecule has 0 bridgehead atoms. The Morgan fingerprint density at radius 2 is 1.83 bits per heavy atom. The van der Waals surface area contributed by atoms with Crippen LogP contribution in [0.25, 0.3) is 21.1 Å². The van der Waals surface area contributed by atoms with Crippen molar-refractivity contribution < 1.29 is 9.59 Å². The van der Waals surface area contributed by atoms with Crippen LogP contribution in [0.3, 0.4) is 0 Å². The molecule has 3 heterocycles. The molecular formula is C26H29N7O2S. The van der Waals surface area contributed by atoms with Crippen LogP contribution in [0.2, 0.25) is 0 Å². The molecule has 2 amide bonds. The Bertz CT molecular complexity index is 1380. The fourth-order valence-corrected chi connectivity index (χ4v) is 5.40. The molecule has 0 radical (unpaired) electrons. The second kappa shape index (κ2) is 10.2. The van der Waals surface area contributed by atoms with Crippen LogP contribution in [0.5, 0.6) is 0 Å². The fraction of sp³-hybridized carbons (Fsp3) is 0.346. The number of piperazine rings is 1. The molecule has 186 valence electrons. The van der Waals surface area contributed by atoms with Gasteiger partial charge in [-0.3, -0.25) is 9.59 Å². The molecule has 4 aromatic rings. The lowest BCUT2D eigenvalue weighted by Gasteiger charge is -2.33. The SMILES string of the molecule is CN1CCN(c2ncnc3cc(C(=O)NC(Cc4nc5ccccc5s4)C(=O)N(C)C)ccc23)CC1. The number of para-hydroxylation sites is 1. The lowest BCUT2D eigenvalue weighted by molar-refractivity contribution is -0.130. The molecule has 1 unspecified atom stereocenters. The van der Waals surface area contributed by atoms with Crippen molar-refractivity contribution in [1.82, 2.24) is 30.1 Å². The molecule has 0 aliphatic carbocycles. The summed E-state index contributed by atoms with van der Waals surface area (Å²) in [4.78, 5) is 45.8. The quantitative estimate of drug-likeness (QED) is 0.432. The first-order valence-corrected chi connectivity index (χ1v) is 12.8. The maximum atomic E-state index is 13.3. The molecule has 2 aromatic heterocycles. The van der Waals surface area contributed by atoms with Crippen molar-refractivity contribution >= 4 is 50.1 Å². The molecule has 10 heteroatoms. The van der Waals surface area contributed by atoms with Crippen molar-refractivity contribution in [2.24, 2.45) is 0 Å². The van der Waals surface area contributed by atoms with E-state index in [0.717, 1.165) is 52.6 Å². The van der Waals surface area contributed by atoms with Gasteiger partial charge in [0, 0.05) is 57.6 Å². The minimum Gasteiger partial charge on any atom is -0.353 e. The van der Waals surface area contributed by atoms with E-state index in [0.29, 0.717) is 17.5 Å². The predicted molar refractivity (Wildman–Crippen MR) is 143 cm³/mol. The average Bonchev–Trinajstić information content (AvgIpc) is 3.30. The zero-order valence-electron chi connectivity index (χ0n) is 20.6. The largest absolute Gasteiger partial charge is 0.353 e. The first-order valence-electron chi connectivity index (χ1n) is 11.9. The summed E-state index contributed by atoms with van der Waals surface area (Å²) in [7, 11) is 5.49. The minimum atomic E-state index is -0.727. The van der Waals surface area contributed by atoms with Gasteiger partial charge in [-0.25, -0.2) is 15.0 Å². The number of anilines is 1. The van der Waals surface area contributed by atoms with Crippen molar-refractivity contribution in [3.05, 3.63) is 59.4 Å². The smallest absolute Gasteiger partial charge is 0.252 e.